The van der Waals surface area contributed by atoms with Gasteiger partial charge in [-0.15, -0.1) is 0 Å². The molecule has 88 valence electrons. The van der Waals surface area contributed by atoms with Gasteiger partial charge in [-0.05, 0) is 50.8 Å². The second-order valence-electron chi connectivity index (χ2n) is 4.35. The van der Waals surface area contributed by atoms with Crippen molar-refractivity contribution in [2.45, 2.75) is 32.7 Å². The van der Waals surface area contributed by atoms with Gasteiger partial charge in [-0.3, -0.25) is 0 Å². The van der Waals surface area contributed by atoms with Gasteiger partial charge in [-0.2, -0.15) is 0 Å². The van der Waals surface area contributed by atoms with Crippen molar-refractivity contribution in [1.29, 1.82) is 0 Å². The van der Waals surface area contributed by atoms with E-state index in [-0.39, 0.29) is 0 Å². The summed E-state index contributed by atoms with van der Waals surface area (Å²) in [6, 6.07) is 6.42. The summed E-state index contributed by atoms with van der Waals surface area (Å²) in [4.78, 5) is 0. The monoisotopic (exact) mass is 239 g/mol. The number of ether oxygens (including phenoxy) is 1. The van der Waals surface area contributed by atoms with E-state index in [4.69, 9.17) is 16.3 Å². The van der Waals surface area contributed by atoms with E-state index >= 15 is 0 Å². The second kappa shape index (κ2) is 4.96. The van der Waals surface area contributed by atoms with Crippen LogP contribution >= 0.6 is 11.6 Å². The van der Waals surface area contributed by atoms with Gasteiger partial charge in [0, 0.05) is 11.7 Å². The lowest BCUT2D eigenvalue weighted by Gasteiger charge is -2.15. The van der Waals surface area contributed by atoms with E-state index < -0.39 is 0 Å². The Kier molecular flexibility index (Phi) is 3.59. The molecule has 3 heteroatoms. The van der Waals surface area contributed by atoms with Gasteiger partial charge in [-0.25, -0.2) is 0 Å². The third-order valence-corrected chi connectivity index (χ3v) is 3.25. The summed E-state index contributed by atoms with van der Waals surface area (Å²) >= 11 is 6.12. The van der Waals surface area contributed by atoms with Gasteiger partial charge in [0.05, 0.1) is 11.6 Å². The molecule has 0 saturated heterocycles. The molecule has 1 saturated carbocycles. The molecule has 0 radical (unpaired) electrons. The topological polar surface area (TPSA) is 21.3 Å². The van der Waals surface area contributed by atoms with Crippen molar-refractivity contribution in [3.63, 3.8) is 0 Å². The molecular weight excluding hydrogens is 222 g/mol. The highest BCUT2D eigenvalue weighted by Crippen LogP contribution is 2.35. The predicted octanol–water partition coefficient (Wildman–Crippen LogP) is 3.95. The Balaban J connectivity index is 2.01. The van der Waals surface area contributed by atoms with Gasteiger partial charge in [0.25, 0.3) is 0 Å². The summed E-state index contributed by atoms with van der Waals surface area (Å²) in [7, 11) is 0. The average molecular weight is 240 g/mol. The molecule has 1 N–H and O–H groups in total. The van der Waals surface area contributed by atoms with Crippen LogP contribution in [0, 0.1) is 5.92 Å². The average Bonchev–Trinajstić information content (AvgIpc) is 3.05. The second-order valence-corrected chi connectivity index (χ2v) is 4.76. The van der Waals surface area contributed by atoms with Crippen molar-refractivity contribution in [3.05, 3.63) is 23.2 Å². The highest BCUT2D eigenvalue weighted by Gasteiger charge is 2.27. The lowest BCUT2D eigenvalue weighted by Crippen LogP contribution is -2.17. The maximum atomic E-state index is 6.12. The van der Waals surface area contributed by atoms with Crippen LogP contribution in [0.4, 0.5) is 5.69 Å². The Bertz CT molecular complexity index is 363. The fraction of sp³-hybridized carbons (Fsp3) is 0.538. The molecule has 0 spiro atoms. The van der Waals surface area contributed by atoms with Crippen LogP contribution in [-0.4, -0.2) is 12.6 Å². The van der Waals surface area contributed by atoms with Gasteiger partial charge in [-0.1, -0.05) is 11.6 Å². The Morgan fingerprint density at radius 3 is 2.81 bits per heavy atom. The molecule has 1 unspecified atom stereocenters. The SMILES string of the molecule is CCOc1ccc(NC(C)C2CC2)cc1Cl. The molecule has 0 aliphatic heterocycles. The first-order valence-corrected chi connectivity index (χ1v) is 6.27. The standard InChI is InChI=1S/C13H18ClNO/c1-3-16-13-7-6-11(8-12(13)14)15-9(2)10-4-5-10/h6-10,15H,3-5H2,1-2H3. The minimum atomic E-state index is 0.536. The molecule has 1 aromatic rings. The lowest BCUT2D eigenvalue weighted by molar-refractivity contribution is 0.340. The van der Waals surface area contributed by atoms with Gasteiger partial charge in [0.2, 0.25) is 0 Å². The van der Waals surface area contributed by atoms with Gasteiger partial charge in [0.1, 0.15) is 5.75 Å². The van der Waals surface area contributed by atoms with Crippen LogP contribution in [0.3, 0.4) is 0 Å². The van der Waals surface area contributed by atoms with Gasteiger partial charge < -0.3 is 10.1 Å². The Morgan fingerprint density at radius 1 is 1.50 bits per heavy atom. The first-order chi connectivity index (χ1) is 7.70. The molecule has 16 heavy (non-hydrogen) atoms. The smallest absolute Gasteiger partial charge is 0.138 e. The minimum Gasteiger partial charge on any atom is -0.492 e. The van der Waals surface area contributed by atoms with E-state index in [1.54, 1.807) is 0 Å². The van der Waals surface area contributed by atoms with Crippen LogP contribution in [0.1, 0.15) is 26.7 Å². The molecular formula is C13H18ClNO. The molecule has 0 bridgehead atoms. The molecule has 1 aromatic carbocycles. The normalized spacial score (nSPS) is 16.9. The van der Waals surface area contributed by atoms with Crippen molar-refractivity contribution in [2.75, 3.05) is 11.9 Å². The summed E-state index contributed by atoms with van der Waals surface area (Å²) in [5.74, 6) is 1.60. The minimum absolute atomic E-state index is 0.536. The number of hydrogen-bond acceptors (Lipinski definition) is 2. The van der Waals surface area contributed by atoms with Crippen molar-refractivity contribution in [1.82, 2.24) is 0 Å². The van der Waals surface area contributed by atoms with Crippen LogP contribution in [-0.2, 0) is 0 Å². The third-order valence-electron chi connectivity index (χ3n) is 2.96. The number of rotatable bonds is 5. The summed E-state index contributed by atoms with van der Waals surface area (Å²) in [5.41, 5.74) is 1.08. The zero-order chi connectivity index (χ0) is 11.5. The first kappa shape index (κ1) is 11.6. The number of anilines is 1. The van der Waals surface area contributed by atoms with E-state index in [0.717, 1.165) is 17.4 Å². The third kappa shape index (κ3) is 2.82. The van der Waals surface area contributed by atoms with E-state index in [0.29, 0.717) is 17.7 Å². The van der Waals surface area contributed by atoms with Crippen molar-refractivity contribution >= 4 is 17.3 Å². The summed E-state index contributed by atoms with van der Waals surface area (Å²) in [6.45, 7) is 4.82. The fourth-order valence-electron chi connectivity index (χ4n) is 1.84. The summed E-state index contributed by atoms with van der Waals surface area (Å²) < 4.78 is 5.40. The fourth-order valence-corrected chi connectivity index (χ4v) is 2.08. The van der Waals surface area contributed by atoms with E-state index in [1.165, 1.54) is 12.8 Å². The van der Waals surface area contributed by atoms with Crippen LogP contribution in [0.5, 0.6) is 5.75 Å². The molecule has 0 heterocycles. The molecule has 2 nitrogen and oxygen atoms in total. The maximum Gasteiger partial charge on any atom is 0.138 e. The number of hydrogen-bond donors (Lipinski definition) is 1. The van der Waals surface area contributed by atoms with Crippen molar-refractivity contribution in [3.8, 4) is 5.75 Å². The highest BCUT2D eigenvalue weighted by molar-refractivity contribution is 6.32. The first-order valence-electron chi connectivity index (χ1n) is 5.89. The molecule has 0 aromatic heterocycles. The zero-order valence-electron chi connectivity index (χ0n) is 9.79. The summed E-state index contributed by atoms with van der Waals surface area (Å²) in [5, 5.41) is 4.15. The van der Waals surface area contributed by atoms with Crippen LogP contribution < -0.4 is 10.1 Å². The van der Waals surface area contributed by atoms with Crippen LogP contribution in [0.15, 0.2) is 18.2 Å². The Labute approximate surface area is 102 Å². The van der Waals surface area contributed by atoms with E-state index in [2.05, 4.69) is 12.2 Å². The Hall–Kier alpha value is -0.890. The van der Waals surface area contributed by atoms with Crippen molar-refractivity contribution in [2.24, 2.45) is 5.92 Å². The molecule has 2 rings (SSSR count). The Morgan fingerprint density at radius 2 is 2.25 bits per heavy atom. The number of benzene rings is 1. The lowest BCUT2D eigenvalue weighted by atomic mass is 10.2. The molecule has 0 amide bonds. The number of nitrogens with one attached hydrogen (secondary N) is 1. The highest BCUT2D eigenvalue weighted by atomic mass is 35.5. The molecule has 1 aliphatic rings. The molecule has 1 atom stereocenters. The molecule has 1 aliphatic carbocycles. The van der Waals surface area contributed by atoms with Crippen LogP contribution in [0.25, 0.3) is 0 Å². The summed E-state index contributed by atoms with van der Waals surface area (Å²) in [6.07, 6.45) is 2.69. The quantitative estimate of drug-likeness (QED) is 0.840. The predicted molar refractivity (Wildman–Crippen MR) is 68.4 cm³/mol. The van der Waals surface area contributed by atoms with Crippen molar-refractivity contribution < 1.29 is 4.74 Å². The zero-order valence-corrected chi connectivity index (χ0v) is 10.6. The van der Waals surface area contributed by atoms with Gasteiger partial charge in [0.15, 0.2) is 0 Å². The molecule has 1 fully saturated rings. The number of halogens is 1. The van der Waals surface area contributed by atoms with Gasteiger partial charge >= 0.3 is 0 Å². The van der Waals surface area contributed by atoms with E-state index in [1.807, 2.05) is 25.1 Å². The maximum absolute atomic E-state index is 6.12. The largest absolute Gasteiger partial charge is 0.492 e. The van der Waals surface area contributed by atoms with Crippen LogP contribution in [0.2, 0.25) is 5.02 Å². The van der Waals surface area contributed by atoms with E-state index in [9.17, 15) is 0 Å².